The first kappa shape index (κ1) is 8.52. The van der Waals surface area contributed by atoms with E-state index in [0.29, 0.717) is 11.5 Å². The van der Waals surface area contributed by atoms with E-state index in [-0.39, 0.29) is 0 Å². The van der Waals surface area contributed by atoms with Crippen LogP contribution in [0.2, 0.25) is 0 Å². The Balaban J connectivity index is 1.98. The quantitative estimate of drug-likeness (QED) is 0.630. The summed E-state index contributed by atoms with van der Waals surface area (Å²) in [6, 6.07) is 0.685. The lowest BCUT2D eigenvalue weighted by Gasteiger charge is -2.22. The Kier molecular flexibility index (Phi) is 2.13. The molecular weight excluding hydrogens is 148 g/mol. The van der Waals surface area contributed by atoms with E-state index >= 15 is 0 Å². The van der Waals surface area contributed by atoms with Crippen LogP contribution in [0.25, 0.3) is 0 Å². The van der Waals surface area contributed by atoms with Gasteiger partial charge in [-0.1, -0.05) is 6.92 Å². The first-order valence-electron chi connectivity index (χ1n) is 5.20. The summed E-state index contributed by atoms with van der Waals surface area (Å²) in [5, 5.41) is 3.62. The number of likely N-dealkylation sites (N-methyl/N-ethyl adjacent to an activating group) is 1. The van der Waals surface area contributed by atoms with Crippen LogP contribution in [0.15, 0.2) is 0 Å². The normalized spacial score (nSPS) is 35.0. The Hall–Kier alpha value is -0.0800. The van der Waals surface area contributed by atoms with E-state index < -0.39 is 0 Å². The molecule has 2 nitrogen and oxygen atoms in total. The van der Waals surface area contributed by atoms with Gasteiger partial charge in [0, 0.05) is 25.7 Å². The maximum absolute atomic E-state index is 3.62. The molecule has 0 aromatic carbocycles. The predicted molar refractivity (Wildman–Crippen MR) is 51.2 cm³/mol. The van der Waals surface area contributed by atoms with Gasteiger partial charge in [-0.2, -0.15) is 0 Å². The van der Waals surface area contributed by atoms with Gasteiger partial charge < -0.3 is 10.2 Å². The number of nitrogens with zero attached hydrogens (tertiary/aromatic N) is 1. The lowest BCUT2D eigenvalue weighted by molar-refractivity contribution is 0.250. The van der Waals surface area contributed by atoms with Crippen molar-refractivity contribution in [1.29, 1.82) is 0 Å². The minimum Gasteiger partial charge on any atom is -0.312 e. The van der Waals surface area contributed by atoms with Crippen LogP contribution in [0.1, 0.15) is 26.7 Å². The molecular formula is C10H20N2. The van der Waals surface area contributed by atoms with Gasteiger partial charge in [0.05, 0.1) is 0 Å². The fourth-order valence-corrected chi connectivity index (χ4v) is 2.19. The van der Waals surface area contributed by atoms with Crippen molar-refractivity contribution in [3.8, 4) is 0 Å². The standard InChI is InChI=1S/C10H20N2/c1-3-12-6-9(2)11-7-10(8-12)4-5-10/h9,11H,3-8H2,1-2H3. The number of rotatable bonds is 1. The van der Waals surface area contributed by atoms with Gasteiger partial charge in [-0.05, 0) is 31.7 Å². The molecule has 2 heteroatoms. The van der Waals surface area contributed by atoms with Gasteiger partial charge in [-0.15, -0.1) is 0 Å². The number of hydrogen-bond donors (Lipinski definition) is 1. The fraction of sp³-hybridized carbons (Fsp3) is 1.00. The average molecular weight is 168 g/mol. The van der Waals surface area contributed by atoms with Crippen molar-refractivity contribution in [3.63, 3.8) is 0 Å². The molecule has 0 aromatic rings. The van der Waals surface area contributed by atoms with E-state index in [9.17, 15) is 0 Å². The second-order valence-corrected chi connectivity index (χ2v) is 4.61. The first-order chi connectivity index (χ1) is 5.74. The maximum atomic E-state index is 3.62. The first-order valence-corrected chi connectivity index (χ1v) is 5.20. The third-order valence-corrected chi connectivity index (χ3v) is 3.32. The van der Waals surface area contributed by atoms with E-state index in [1.165, 1.54) is 39.0 Å². The summed E-state index contributed by atoms with van der Waals surface area (Å²) in [7, 11) is 0. The van der Waals surface area contributed by atoms with Gasteiger partial charge in [0.25, 0.3) is 0 Å². The van der Waals surface area contributed by atoms with Gasteiger partial charge in [-0.3, -0.25) is 0 Å². The molecule has 0 bridgehead atoms. The Morgan fingerprint density at radius 2 is 2.25 bits per heavy atom. The highest BCUT2D eigenvalue weighted by molar-refractivity contribution is 4.99. The van der Waals surface area contributed by atoms with E-state index in [2.05, 4.69) is 24.1 Å². The number of nitrogens with one attached hydrogen (secondary N) is 1. The van der Waals surface area contributed by atoms with Crippen molar-refractivity contribution in [1.82, 2.24) is 10.2 Å². The molecule has 1 atom stereocenters. The second kappa shape index (κ2) is 3.00. The van der Waals surface area contributed by atoms with E-state index in [4.69, 9.17) is 0 Å². The largest absolute Gasteiger partial charge is 0.312 e. The van der Waals surface area contributed by atoms with Crippen LogP contribution in [0.5, 0.6) is 0 Å². The van der Waals surface area contributed by atoms with Gasteiger partial charge in [0.2, 0.25) is 0 Å². The smallest absolute Gasteiger partial charge is 0.0166 e. The van der Waals surface area contributed by atoms with E-state index in [0.717, 1.165) is 0 Å². The van der Waals surface area contributed by atoms with Crippen LogP contribution >= 0.6 is 0 Å². The molecule has 2 fully saturated rings. The molecule has 1 aliphatic carbocycles. The Bertz CT molecular complexity index is 163. The zero-order valence-corrected chi connectivity index (χ0v) is 8.27. The molecule has 70 valence electrons. The van der Waals surface area contributed by atoms with Gasteiger partial charge in [0.1, 0.15) is 0 Å². The Morgan fingerprint density at radius 3 is 2.83 bits per heavy atom. The molecule has 2 rings (SSSR count). The van der Waals surface area contributed by atoms with Crippen molar-refractivity contribution >= 4 is 0 Å². The number of hydrogen-bond acceptors (Lipinski definition) is 2. The summed E-state index contributed by atoms with van der Waals surface area (Å²) in [6.07, 6.45) is 2.90. The molecule has 12 heavy (non-hydrogen) atoms. The average Bonchev–Trinajstić information content (AvgIpc) is 2.83. The molecule has 1 saturated carbocycles. The van der Waals surface area contributed by atoms with Crippen LogP contribution < -0.4 is 5.32 Å². The van der Waals surface area contributed by atoms with Crippen LogP contribution in [0, 0.1) is 5.41 Å². The fourth-order valence-electron chi connectivity index (χ4n) is 2.19. The highest BCUT2D eigenvalue weighted by Crippen LogP contribution is 2.46. The van der Waals surface area contributed by atoms with Crippen LogP contribution in [-0.4, -0.2) is 37.1 Å². The SMILES string of the molecule is CCN1CC(C)NCC2(CC2)C1. The van der Waals surface area contributed by atoms with Crippen molar-refractivity contribution in [2.45, 2.75) is 32.7 Å². The topological polar surface area (TPSA) is 15.3 Å². The lowest BCUT2D eigenvalue weighted by Crippen LogP contribution is -2.35. The predicted octanol–water partition coefficient (Wildman–Crippen LogP) is 1.08. The van der Waals surface area contributed by atoms with Crippen molar-refractivity contribution in [3.05, 3.63) is 0 Å². The van der Waals surface area contributed by atoms with Gasteiger partial charge in [0.15, 0.2) is 0 Å². The highest BCUT2D eigenvalue weighted by Gasteiger charge is 2.44. The molecule has 1 heterocycles. The Labute approximate surface area is 75.3 Å². The summed E-state index contributed by atoms with van der Waals surface area (Å²) in [5.41, 5.74) is 0.681. The minimum absolute atomic E-state index is 0.681. The molecule has 1 N–H and O–H groups in total. The van der Waals surface area contributed by atoms with Crippen LogP contribution in [-0.2, 0) is 0 Å². The van der Waals surface area contributed by atoms with Crippen molar-refractivity contribution < 1.29 is 0 Å². The van der Waals surface area contributed by atoms with Crippen molar-refractivity contribution in [2.75, 3.05) is 26.2 Å². The van der Waals surface area contributed by atoms with Crippen LogP contribution in [0.3, 0.4) is 0 Å². The summed E-state index contributed by atoms with van der Waals surface area (Å²) < 4.78 is 0. The molecule has 1 saturated heterocycles. The molecule has 2 aliphatic rings. The zero-order valence-electron chi connectivity index (χ0n) is 8.27. The molecule has 1 aliphatic heterocycles. The Morgan fingerprint density at radius 1 is 1.50 bits per heavy atom. The summed E-state index contributed by atoms with van der Waals surface area (Å²) >= 11 is 0. The maximum Gasteiger partial charge on any atom is 0.0166 e. The van der Waals surface area contributed by atoms with Gasteiger partial charge >= 0.3 is 0 Å². The summed E-state index contributed by atoms with van der Waals surface area (Å²) in [5.74, 6) is 0. The van der Waals surface area contributed by atoms with E-state index in [1.807, 2.05) is 0 Å². The van der Waals surface area contributed by atoms with Crippen molar-refractivity contribution in [2.24, 2.45) is 5.41 Å². The molecule has 1 unspecified atom stereocenters. The second-order valence-electron chi connectivity index (χ2n) is 4.61. The molecule has 0 aromatic heterocycles. The van der Waals surface area contributed by atoms with Crippen LogP contribution in [0.4, 0.5) is 0 Å². The summed E-state index contributed by atoms with van der Waals surface area (Å²) in [4.78, 5) is 2.59. The molecule has 0 radical (unpaired) electrons. The third-order valence-electron chi connectivity index (χ3n) is 3.32. The summed E-state index contributed by atoms with van der Waals surface area (Å²) in [6.45, 7) is 9.61. The zero-order chi connectivity index (χ0) is 8.60. The highest BCUT2D eigenvalue weighted by atomic mass is 15.2. The monoisotopic (exact) mass is 168 g/mol. The third kappa shape index (κ3) is 1.64. The molecule has 1 spiro atoms. The van der Waals surface area contributed by atoms with E-state index in [1.54, 1.807) is 0 Å². The van der Waals surface area contributed by atoms with Gasteiger partial charge in [-0.25, -0.2) is 0 Å². The molecule has 0 amide bonds. The lowest BCUT2D eigenvalue weighted by atomic mass is 10.1. The minimum atomic E-state index is 0.681.